The van der Waals surface area contributed by atoms with E-state index in [1.165, 1.54) is 47.7 Å². The van der Waals surface area contributed by atoms with Gasteiger partial charge in [0.05, 0.1) is 16.8 Å². The number of thiazole rings is 1. The Bertz CT molecular complexity index is 468. The summed E-state index contributed by atoms with van der Waals surface area (Å²) in [5.41, 5.74) is 1.54. The zero-order valence-corrected chi connectivity index (χ0v) is 14.4. The second-order valence-electron chi connectivity index (χ2n) is 7.49. The van der Waals surface area contributed by atoms with Crippen LogP contribution in [-0.4, -0.2) is 23.2 Å². The SMILES string of the molecule is CC(C)(C)NCc1sc(CC2CCCCO2)nc1C1CC1. The smallest absolute Gasteiger partial charge is 0.0957 e. The molecule has 1 aliphatic carbocycles. The van der Waals surface area contributed by atoms with Crippen molar-refractivity contribution in [1.29, 1.82) is 0 Å². The molecule has 0 spiro atoms. The normalized spacial score (nSPS) is 23.5. The summed E-state index contributed by atoms with van der Waals surface area (Å²) in [6.07, 6.45) is 7.80. The van der Waals surface area contributed by atoms with Crippen LogP contribution in [0.5, 0.6) is 0 Å². The Labute approximate surface area is 132 Å². The monoisotopic (exact) mass is 308 g/mol. The highest BCUT2D eigenvalue weighted by Gasteiger charge is 2.30. The average molecular weight is 308 g/mol. The van der Waals surface area contributed by atoms with Crippen molar-refractivity contribution in [2.24, 2.45) is 0 Å². The molecule has 1 aromatic rings. The first-order valence-corrected chi connectivity index (χ1v) is 9.18. The lowest BCUT2D eigenvalue weighted by molar-refractivity contribution is 0.0167. The fourth-order valence-electron chi connectivity index (χ4n) is 2.81. The minimum absolute atomic E-state index is 0.164. The molecule has 1 aromatic heterocycles. The number of ether oxygens (including phenoxy) is 1. The van der Waals surface area contributed by atoms with Crippen molar-refractivity contribution >= 4 is 11.3 Å². The van der Waals surface area contributed by atoms with E-state index in [2.05, 4.69) is 26.1 Å². The molecule has 3 rings (SSSR count). The fraction of sp³-hybridized carbons (Fsp3) is 0.824. The molecule has 2 aliphatic rings. The van der Waals surface area contributed by atoms with Crippen molar-refractivity contribution in [3.05, 3.63) is 15.6 Å². The van der Waals surface area contributed by atoms with Gasteiger partial charge < -0.3 is 10.1 Å². The van der Waals surface area contributed by atoms with Gasteiger partial charge in [0.2, 0.25) is 0 Å². The van der Waals surface area contributed by atoms with Gasteiger partial charge in [-0.1, -0.05) is 0 Å². The van der Waals surface area contributed by atoms with Gasteiger partial charge in [-0.15, -0.1) is 11.3 Å². The third-order valence-corrected chi connectivity index (χ3v) is 5.28. The fourth-order valence-corrected chi connectivity index (χ4v) is 3.97. The molecule has 1 N–H and O–H groups in total. The summed E-state index contributed by atoms with van der Waals surface area (Å²) < 4.78 is 5.87. The van der Waals surface area contributed by atoms with Gasteiger partial charge in [-0.3, -0.25) is 0 Å². The highest BCUT2D eigenvalue weighted by molar-refractivity contribution is 7.11. The Hall–Kier alpha value is -0.450. The molecule has 0 bridgehead atoms. The maximum absolute atomic E-state index is 5.87. The molecule has 0 radical (unpaired) electrons. The Balaban J connectivity index is 1.67. The molecule has 0 amide bonds. The first kappa shape index (κ1) is 15.4. The number of nitrogens with one attached hydrogen (secondary N) is 1. The molecule has 0 aromatic carbocycles. The van der Waals surface area contributed by atoms with Crippen molar-refractivity contribution in [1.82, 2.24) is 10.3 Å². The quantitative estimate of drug-likeness (QED) is 0.892. The number of aromatic nitrogens is 1. The maximum Gasteiger partial charge on any atom is 0.0957 e. The lowest BCUT2D eigenvalue weighted by Crippen LogP contribution is -2.35. The molecule has 1 aliphatic heterocycles. The zero-order valence-electron chi connectivity index (χ0n) is 13.6. The van der Waals surface area contributed by atoms with E-state index in [1.54, 1.807) is 0 Å². The first-order chi connectivity index (χ1) is 10.0. The molecule has 4 heteroatoms. The minimum atomic E-state index is 0.164. The molecule has 1 atom stereocenters. The summed E-state index contributed by atoms with van der Waals surface area (Å²) in [7, 11) is 0. The molecule has 3 nitrogen and oxygen atoms in total. The molecule has 118 valence electrons. The van der Waals surface area contributed by atoms with Crippen LogP contribution in [-0.2, 0) is 17.7 Å². The first-order valence-electron chi connectivity index (χ1n) is 8.36. The van der Waals surface area contributed by atoms with Crippen LogP contribution in [0.25, 0.3) is 0 Å². The van der Waals surface area contributed by atoms with Gasteiger partial charge in [0.15, 0.2) is 0 Å². The van der Waals surface area contributed by atoms with E-state index in [9.17, 15) is 0 Å². The van der Waals surface area contributed by atoms with Crippen LogP contribution < -0.4 is 5.32 Å². The number of hydrogen-bond donors (Lipinski definition) is 1. The number of nitrogens with zero attached hydrogens (tertiary/aromatic N) is 1. The van der Waals surface area contributed by atoms with Crippen LogP contribution in [0.4, 0.5) is 0 Å². The Morgan fingerprint density at radius 3 is 2.67 bits per heavy atom. The molecule has 21 heavy (non-hydrogen) atoms. The van der Waals surface area contributed by atoms with E-state index in [4.69, 9.17) is 9.72 Å². The van der Waals surface area contributed by atoms with E-state index in [0.717, 1.165) is 25.5 Å². The summed E-state index contributed by atoms with van der Waals surface area (Å²) in [6.45, 7) is 8.56. The molecular formula is C17H28N2OS. The number of hydrogen-bond acceptors (Lipinski definition) is 4. The lowest BCUT2D eigenvalue weighted by atomic mass is 10.1. The Kier molecular flexibility index (Phi) is 4.67. The average Bonchev–Trinajstić information content (AvgIpc) is 3.19. The van der Waals surface area contributed by atoms with Crippen LogP contribution in [0.2, 0.25) is 0 Å². The molecular weight excluding hydrogens is 280 g/mol. The summed E-state index contributed by atoms with van der Waals surface area (Å²) in [5.74, 6) is 0.735. The van der Waals surface area contributed by atoms with Crippen molar-refractivity contribution in [3.8, 4) is 0 Å². The molecule has 2 fully saturated rings. The van der Waals surface area contributed by atoms with E-state index < -0.39 is 0 Å². The van der Waals surface area contributed by atoms with Crippen LogP contribution in [0.1, 0.15) is 74.4 Å². The topological polar surface area (TPSA) is 34.1 Å². The predicted octanol–water partition coefficient (Wildman–Crippen LogP) is 4.02. The predicted molar refractivity (Wildman–Crippen MR) is 88.0 cm³/mol. The van der Waals surface area contributed by atoms with Gasteiger partial charge in [-0.05, 0) is 52.9 Å². The molecule has 2 heterocycles. The molecule has 1 saturated carbocycles. The molecule has 1 saturated heterocycles. The summed E-state index contributed by atoms with van der Waals surface area (Å²) >= 11 is 1.91. The van der Waals surface area contributed by atoms with Crippen molar-refractivity contribution in [2.75, 3.05) is 6.61 Å². The van der Waals surface area contributed by atoms with E-state index in [-0.39, 0.29) is 5.54 Å². The zero-order chi connectivity index (χ0) is 14.9. The number of rotatable bonds is 5. The van der Waals surface area contributed by atoms with Crippen LogP contribution in [0, 0.1) is 0 Å². The maximum atomic E-state index is 5.87. The van der Waals surface area contributed by atoms with E-state index in [0.29, 0.717) is 6.10 Å². The van der Waals surface area contributed by atoms with Crippen LogP contribution >= 0.6 is 11.3 Å². The second-order valence-corrected chi connectivity index (χ2v) is 8.65. The summed E-state index contributed by atoms with van der Waals surface area (Å²) in [4.78, 5) is 6.42. The van der Waals surface area contributed by atoms with Gasteiger partial charge in [0, 0.05) is 35.9 Å². The van der Waals surface area contributed by atoms with Gasteiger partial charge in [-0.2, -0.15) is 0 Å². The van der Waals surface area contributed by atoms with Crippen molar-refractivity contribution in [3.63, 3.8) is 0 Å². The van der Waals surface area contributed by atoms with Gasteiger partial charge in [0.1, 0.15) is 0 Å². The highest BCUT2D eigenvalue weighted by atomic mass is 32.1. The van der Waals surface area contributed by atoms with Gasteiger partial charge >= 0.3 is 0 Å². The summed E-state index contributed by atoms with van der Waals surface area (Å²) in [5, 5.41) is 4.90. The van der Waals surface area contributed by atoms with Crippen LogP contribution in [0.15, 0.2) is 0 Å². The third-order valence-electron chi connectivity index (χ3n) is 4.19. The third kappa shape index (κ3) is 4.51. The summed E-state index contributed by atoms with van der Waals surface area (Å²) in [6, 6.07) is 0. The van der Waals surface area contributed by atoms with Gasteiger partial charge in [-0.25, -0.2) is 4.98 Å². The van der Waals surface area contributed by atoms with Crippen LogP contribution in [0.3, 0.4) is 0 Å². The lowest BCUT2D eigenvalue weighted by Gasteiger charge is -2.21. The second kappa shape index (κ2) is 6.35. The highest BCUT2D eigenvalue weighted by Crippen LogP contribution is 2.43. The van der Waals surface area contributed by atoms with E-state index >= 15 is 0 Å². The van der Waals surface area contributed by atoms with Gasteiger partial charge in [0.25, 0.3) is 0 Å². The minimum Gasteiger partial charge on any atom is -0.378 e. The van der Waals surface area contributed by atoms with Crippen molar-refractivity contribution in [2.45, 2.75) is 83.4 Å². The standard InChI is InChI=1S/C17H28N2OS/c1-17(2,3)18-11-14-16(12-7-8-12)19-15(21-14)10-13-6-4-5-9-20-13/h12-13,18H,4-11H2,1-3H3. The van der Waals surface area contributed by atoms with E-state index in [1.807, 2.05) is 11.3 Å². The Morgan fingerprint density at radius 1 is 1.24 bits per heavy atom. The molecule has 1 unspecified atom stereocenters. The largest absolute Gasteiger partial charge is 0.378 e. The van der Waals surface area contributed by atoms with Crippen molar-refractivity contribution < 1.29 is 4.74 Å². The Morgan fingerprint density at radius 2 is 2.05 bits per heavy atom.